The number of benzene rings is 1. The lowest BCUT2D eigenvalue weighted by Crippen LogP contribution is -2.06. The summed E-state index contributed by atoms with van der Waals surface area (Å²) in [4.78, 5) is 4.38. The van der Waals surface area contributed by atoms with Crippen molar-refractivity contribution in [3.8, 4) is 17.4 Å². The fraction of sp³-hybridized carbons (Fsp3) is 0.308. The minimum absolute atomic E-state index is 0.00117. The minimum atomic E-state index is -0.00117. The van der Waals surface area contributed by atoms with Crippen molar-refractivity contribution in [1.82, 2.24) is 4.98 Å². The largest absolute Gasteiger partial charge is 0.507 e. The van der Waals surface area contributed by atoms with E-state index in [0.29, 0.717) is 27.0 Å². The van der Waals surface area contributed by atoms with E-state index in [0.717, 1.165) is 0 Å². The summed E-state index contributed by atoms with van der Waals surface area (Å²) >= 11 is 3.42. The molecular formula is C13H14BrNO3. The Morgan fingerprint density at radius 1 is 1.33 bits per heavy atom. The van der Waals surface area contributed by atoms with Crippen molar-refractivity contribution in [1.29, 1.82) is 0 Å². The van der Waals surface area contributed by atoms with Crippen LogP contribution in [0.3, 0.4) is 0 Å². The lowest BCUT2D eigenvalue weighted by Gasteiger charge is -2.12. The first-order valence-corrected chi connectivity index (χ1v) is 6.35. The Morgan fingerprint density at radius 3 is 2.67 bits per heavy atom. The quantitative estimate of drug-likeness (QED) is 0.942. The molecule has 0 fully saturated rings. The Morgan fingerprint density at radius 2 is 2.06 bits per heavy atom. The van der Waals surface area contributed by atoms with Crippen LogP contribution in [0.15, 0.2) is 22.7 Å². The first-order valence-electron chi connectivity index (χ1n) is 5.55. The minimum Gasteiger partial charge on any atom is -0.507 e. The highest BCUT2D eigenvalue weighted by Crippen LogP contribution is 2.37. The summed E-state index contributed by atoms with van der Waals surface area (Å²) in [5.74, 6) is 1.19. The first kappa shape index (κ1) is 13.0. The molecule has 1 N–H and O–H groups in total. The molecule has 0 bridgehead atoms. The predicted molar refractivity (Wildman–Crippen MR) is 73.4 cm³/mol. The second kappa shape index (κ2) is 5.02. The monoisotopic (exact) mass is 311 g/mol. The van der Waals surface area contributed by atoms with Crippen LogP contribution in [0, 0.1) is 0 Å². The van der Waals surface area contributed by atoms with Crippen molar-refractivity contribution in [2.24, 2.45) is 0 Å². The molecule has 96 valence electrons. The second-order valence-electron chi connectivity index (χ2n) is 4.12. The van der Waals surface area contributed by atoms with E-state index in [1.165, 1.54) is 6.07 Å². The van der Waals surface area contributed by atoms with Crippen molar-refractivity contribution in [3.05, 3.63) is 22.7 Å². The van der Waals surface area contributed by atoms with Gasteiger partial charge in [0.2, 0.25) is 5.88 Å². The third-order valence-corrected chi connectivity index (χ3v) is 3.18. The van der Waals surface area contributed by atoms with Gasteiger partial charge in [-0.3, -0.25) is 0 Å². The van der Waals surface area contributed by atoms with E-state index in [1.807, 2.05) is 13.8 Å². The second-order valence-corrected chi connectivity index (χ2v) is 4.92. The number of hydrogen-bond donors (Lipinski definition) is 1. The number of methoxy groups -OCH3 is 1. The van der Waals surface area contributed by atoms with E-state index in [9.17, 15) is 5.11 Å². The third-order valence-electron chi connectivity index (χ3n) is 2.42. The van der Waals surface area contributed by atoms with E-state index >= 15 is 0 Å². The number of fused-ring (bicyclic) bond motifs is 1. The van der Waals surface area contributed by atoms with Crippen molar-refractivity contribution in [3.63, 3.8) is 0 Å². The van der Waals surface area contributed by atoms with E-state index in [2.05, 4.69) is 20.9 Å². The third kappa shape index (κ3) is 2.36. The van der Waals surface area contributed by atoms with Gasteiger partial charge in [-0.1, -0.05) is 0 Å². The maximum atomic E-state index is 9.97. The average Bonchev–Trinajstić information content (AvgIpc) is 2.30. The van der Waals surface area contributed by atoms with Gasteiger partial charge in [0.15, 0.2) is 0 Å². The molecule has 0 aliphatic rings. The first-order chi connectivity index (χ1) is 8.52. The molecule has 0 saturated carbocycles. The Balaban J connectivity index is 2.64. The van der Waals surface area contributed by atoms with Crippen molar-refractivity contribution < 1.29 is 14.6 Å². The molecule has 0 spiro atoms. The zero-order valence-electron chi connectivity index (χ0n) is 10.4. The normalized spacial score (nSPS) is 10.9. The van der Waals surface area contributed by atoms with Gasteiger partial charge in [0.05, 0.1) is 23.2 Å². The Labute approximate surface area is 114 Å². The fourth-order valence-corrected chi connectivity index (χ4v) is 2.26. The lowest BCUT2D eigenvalue weighted by molar-refractivity contribution is 0.232. The average molecular weight is 312 g/mol. The predicted octanol–water partition coefficient (Wildman–Crippen LogP) is 3.50. The van der Waals surface area contributed by atoms with Crippen LogP contribution < -0.4 is 9.47 Å². The molecule has 18 heavy (non-hydrogen) atoms. The molecule has 0 aliphatic carbocycles. The number of nitrogens with zero attached hydrogens (tertiary/aromatic N) is 1. The fourth-order valence-electron chi connectivity index (χ4n) is 1.66. The SMILES string of the molecule is COc1ccc2c(O)cc(OC(C)C)nc2c1Br. The number of halogens is 1. The molecule has 0 amide bonds. The van der Waals surface area contributed by atoms with Gasteiger partial charge in [-0.05, 0) is 41.9 Å². The van der Waals surface area contributed by atoms with Crippen LogP contribution in [0.1, 0.15) is 13.8 Å². The van der Waals surface area contributed by atoms with E-state index in [-0.39, 0.29) is 11.9 Å². The molecule has 0 atom stereocenters. The molecule has 0 unspecified atom stereocenters. The maximum absolute atomic E-state index is 9.97. The highest BCUT2D eigenvalue weighted by Gasteiger charge is 2.12. The van der Waals surface area contributed by atoms with E-state index in [4.69, 9.17) is 9.47 Å². The molecule has 5 heteroatoms. The number of hydrogen-bond acceptors (Lipinski definition) is 4. The molecule has 1 aromatic heterocycles. The molecular weight excluding hydrogens is 298 g/mol. The summed E-state index contributed by atoms with van der Waals surface area (Å²) in [6, 6.07) is 5.05. The van der Waals surface area contributed by atoms with E-state index < -0.39 is 0 Å². The number of ether oxygens (including phenoxy) is 2. The zero-order chi connectivity index (χ0) is 13.3. The highest BCUT2D eigenvalue weighted by molar-refractivity contribution is 9.10. The Bertz CT molecular complexity index is 584. The van der Waals surface area contributed by atoms with Gasteiger partial charge in [-0.15, -0.1) is 0 Å². The van der Waals surface area contributed by atoms with Gasteiger partial charge in [-0.2, -0.15) is 0 Å². The standard InChI is InChI=1S/C13H14BrNO3/c1-7(2)18-11-6-9(16)8-4-5-10(17-3)12(14)13(8)15-11/h4-7H,1-3H3,(H,15,16). The van der Waals surface area contributed by atoms with Crippen molar-refractivity contribution >= 4 is 26.8 Å². The zero-order valence-corrected chi connectivity index (χ0v) is 12.0. The molecule has 2 aromatic rings. The van der Waals surface area contributed by atoms with Crippen LogP contribution >= 0.6 is 15.9 Å². The summed E-state index contributed by atoms with van der Waals surface area (Å²) in [5, 5.41) is 10.6. The molecule has 0 saturated heterocycles. The van der Waals surface area contributed by atoms with Gasteiger partial charge < -0.3 is 14.6 Å². The van der Waals surface area contributed by atoms with Gasteiger partial charge in [0.1, 0.15) is 11.5 Å². The van der Waals surface area contributed by atoms with Crippen LogP contribution in [0.25, 0.3) is 10.9 Å². The summed E-state index contributed by atoms with van der Waals surface area (Å²) in [6.45, 7) is 3.81. The van der Waals surface area contributed by atoms with Gasteiger partial charge in [0.25, 0.3) is 0 Å². The summed E-state index contributed by atoms with van der Waals surface area (Å²) < 4.78 is 11.4. The summed E-state index contributed by atoms with van der Waals surface area (Å²) in [7, 11) is 1.58. The van der Waals surface area contributed by atoms with Crippen LogP contribution in [0.4, 0.5) is 0 Å². The van der Waals surface area contributed by atoms with Gasteiger partial charge >= 0.3 is 0 Å². The summed E-state index contributed by atoms with van der Waals surface area (Å²) in [5.41, 5.74) is 0.616. The molecule has 0 radical (unpaired) electrons. The molecule has 1 aromatic carbocycles. The lowest BCUT2D eigenvalue weighted by atomic mass is 10.2. The smallest absolute Gasteiger partial charge is 0.217 e. The Kier molecular flexibility index (Phi) is 3.61. The number of rotatable bonds is 3. The van der Waals surface area contributed by atoms with Gasteiger partial charge in [0, 0.05) is 11.5 Å². The maximum Gasteiger partial charge on any atom is 0.217 e. The van der Waals surface area contributed by atoms with Crippen molar-refractivity contribution in [2.45, 2.75) is 20.0 Å². The van der Waals surface area contributed by atoms with E-state index in [1.54, 1.807) is 19.2 Å². The Hall–Kier alpha value is -1.49. The summed E-state index contributed by atoms with van der Waals surface area (Å²) in [6.07, 6.45) is -0.00117. The van der Waals surface area contributed by atoms with Crippen molar-refractivity contribution in [2.75, 3.05) is 7.11 Å². The topological polar surface area (TPSA) is 51.6 Å². The molecule has 1 heterocycles. The van der Waals surface area contributed by atoms with Gasteiger partial charge in [-0.25, -0.2) is 4.98 Å². The number of aromatic nitrogens is 1. The van der Waals surface area contributed by atoms with Crippen LogP contribution in [-0.2, 0) is 0 Å². The number of aromatic hydroxyl groups is 1. The molecule has 0 aliphatic heterocycles. The highest BCUT2D eigenvalue weighted by atomic mass is 79.9. The van der Waals surface area contributed by atoms with Crippen LogP contribution in [0.5, 0.6) is 17.4 Å². The molecule has 2 rings (SSSR count). The van der Waals surface area contributed by atoms with Crippen LogP contribution in [0.2, 0.25) is 0 Å². The molecule has 4 nitrogen and oxygen atoms in total. The number of pyridine rings is 1. The van der Waals surface area contributed by atoms with Crippen LogP contribution in [-0.4, -0.2) is 23.3 Å².